The number of anilines is 1. The van der Waals surface area contributed by atoms with Gasteiger partial charge in [0.1, 0.15) is 10.6 Å². The molecule has 0 aliphatic carbocycles. The molecular weight excluding hydrogens is 432 g/mol. The molecule has 166 valence electrons. The van der Waals surface area contributed by atoms with Crippen LogP contribution in [0, 0.1) is 0 Å². The molecule has 0 saturated carbocycles. The second-order valence-corrected chi connectivity index (χ2v) is 8.46. The molecule has 3 rings (SSSR count). The number of nitrogens with one attached hydrogen (secondary N) is 2. The van der Waals surface area contributed by atoms with E-state index < -0.39 is 21.9 Å². The maximum atomic E-state index is 13.0. The van der Waals surface area contributed by atoms with Crippen molar-refractivity contribution >= 4 is 27.6 Å². The average molecular weight is 455 g/mol. The molecule has 0 heterocycles. The average Bonchev–Trinajstić information content (AvgIpc) is 2.79. The van der Waals surface area contributed by atoms with Crippen LogP contribution in [0.2, 0.25) is 0 Å². The number of aromatic carboxylic acids is 1. The van der Waals surface area contributed by atoms with Crippen molar-refractivity contribution in [1.29, 1.82) is 0 Å². The molecule has 0 atom stereocenters. The highest BCUT2D eigenvalue weighted by molar-refractivity contribution is 7.92. The van der Waals surface area contributed by atoms with Crippen LogP contribution in [0.1, 0.15) is 26.3 Å². The van der Waals surface area contributed by atoms with Gasteiger partial charge in [-0.2, -0.15) is 0 Å². The Morgan fingerprint density at radius 2 is 1.66 bits per heavy atom. The summed E-state index contributed by atoms with van der Waals surface area (Å²) in [7, 11) is -2.97. The number of sulfonamides is 1. The van der Waals surface area contributed by atoms with Gasteiger partial charge in [-0.15, -0.1) is 0 Å². The van der Waals surface area contributed by atoms with Gasteiger partial charge in [0.15, 0.2) is 0 Å². The number of para-hydroxylation sites is 1. The molecular formula is C23H22N2O6S. The van der Waals surface area contributed by atoms with Crippen LogP contribution in [0.15, 0.2) is 77.7 Å². The predicted molar refractivity (Wildman–Crippen MR) is 120 cm³/mol. The number of carbonyl (C=O) groups excluding carboxylic acids is 1. The fraction of sp³-hybridized carbons (Fsp3) is 0.130. The number of amides is 1. The first kappa shape index (κ1) is 22.8. The number of carboxylic acids is 1. The van der Waals surface area contributed by atoms with Crippen molar-refractivity contribution < 1.29 is 27.9 Å². The topological polar surface area (TPSA) is 122 Å². The first-order valence-corrected chi connectivity index (χ1v) is 11.2. The fourth-order valence-electron chi connectivity index (χ4n) is 3.05. The van der Waals surface area contributed by atoms with Crippen molar-refractivity contribution in [1.82, 2.24) is 5.32 Å². The van der Waals surface area contributed by atoms with Crippen LogP contribution in [-0.4, -0.2) is 39.1 Å². The Balaban J connectivity index is 1.82. The second-order valence-electron chi connectivity index (χ2n) is 6.81. The van der Waals surface area contributed by atoms with Crippen LogP contribution in [0.25, 0.3) is 0 Å². The molecule has 0 bridgehead atoms. The van der Waals surface area contributed by atoms with Crippen LogP contribution in [-0.2, 0) is 16.4 Å². The van der Waals surface area contributed by atoms with Gasteiger partial charge in [-0.3, -0.25) is 9.52 Å². The summed E-state index contributed by atoms with van der Waals surface area (Å²) in [6.07, 6.45) is 0.625. The van der Waals surface area contributed by atoms with Crippen LogP contribution >= 0.6 is 0 Å². The highest BCUT2D eigenvalue weighted by Crippen LogP contribution is 2.28. The Labute approximate surface area is 185 Å². The largest absolute Gasteiger partial charge is 0.495 e. The molecule has 0 aliphatic rings. The Hall–Kier alpha value is -3.85. The normalized spacial score (nSPS) is 10.9. The van der Waals surface area contributed by atoms with E-state index in [1.807, 2.05) is 30.3 Å². The third-order valence-electron chi connectivity index (χ3n) is 4.66. The molecule has 0 aromatic heterocycles. The van der Waals surface area contributed by atoms with Gasteiger partial charge in [-0.25, -0.2) is 13.2 Å². The fourth-order valence-corrected chi connectivity index (χ4v) is 4.33. The van der Waals surface area contributed by atoms with Gasteiger partial charge >= 0.3 is 5.97 Å². The van der Waals surface area contributed by atoms with Crippen LogP contribution in [0.5, 0.6) is 5.75 Å². The van der Waals surface area contributed by atoms with Crippen molar-refractivity contribution in [3.05, 3.63) is 89.5 Å². The predicted octanol–water partition coefficient (Wildman–Crippen LogP) is 3.17. The molecule has 0 spiro atoms. The molecule has 8 nitrogen and oxygen atoms in total. The highest BCUT2D eigenvalue weighted by Gasteiger charge is 2.24. The lowest BCUT2D eigenvalue weighted by Crippen LogP contribution is -2.27. The van der Waals surface area contributed by atoms with Gasteiger partial charge in [0.2, 0.25) is 0 Å². The summed E-state index contributed by atoms with van der Waals surface area (Å²) in [5.74, 6) is -1.74. The van der Waals surface area contributed by atoms with E-state index in [-0.39, 0.29) is 27.5 Å². The molecule has 0 radical (unpaired) electrons. The lowest BCUT2D eigenvalue weighted by atomic mass is 10.1. The van der Waals surface area contributed by atoms with E-state index in [1.54, 1.807) is 12.1 Å². The van der Waals surface area contributed by atoms with E-state index >= 15 is 0 Å². The summed E-state index contributed by atoms with van der Waals surface area (Å²) >= 11 is 0. The number of methoxy groups -OCH3 is 1. The lowest BCUT2D eigenvalue weighted by Gasteiger charge is -2.15. The molecule has 0 aliphatic heterocycles. The van der Waals surface area contributed by atoms with Gasteiger partial charge in [0, 0.05) is 6.54 Å². The van der Waals surface area contributed by atoms with Crippen LogP contribution in [0.4, 0.5) is 5.69 Å². The Morgan fingerprint density at radius 3 is 2.34 bits per heavy atom. The minimum Gasteiger partial charge on any atom is -0.495 e. The maximum Gasteiger partial charge on any atom is 0.335 e. The van der Waals surface area contributed by atoms with Gasteiger partial charge in [0.25, 0.3) is 15.9 Å². The second kappa shape index (κ2) is 9.97. The van der Waals surface area contributed by atoms with Gasteiger partial charge in [0.05, 0.1) is 23.9 Å². The van der Waals surface area contributed by atoms with E-state index in [1.165, 1.54) is 31.4 Å². The Morgan fingerprint density at radius 1 is 0.969 bits per heavy atom. The number of ether oxygens (including phenoxy) is 1. The van der Waals surface area contributed by atoms with Gasteiger partial charge in [-0.05, 0) is 42.3 Å². The third kappa shape index (κ3) is 5.44. The summed E-state index contributed by atoms with van der Waals surface area (Å²) < 4.78 is 33.5. The number of benzene rings is 3. The Kier molecular flexibility index (Phi) is 7.11. The summed E-state index contributed by atoms with van der Waals surface area (Å²) in [6, 6.07) is 19.3. The van der Waals surface area contributed by atoms with Crippen molar-refractivity contribution in [2.24, 2.45) is 0 Å². The zero-order chi connectivity index (χ0) is 23.1. The first-order chi connectivity index (χ1) is 15.3. The Bertz CT molecular complexity index is 1230. The third-order valence-corrected chi connectivity index (χ3v) is 6.04. The van der Waals surface area contributed by atoms with E-state index in [0.29, 0.717) is 13.0 Å². The smallest absolute Gasteiger partial charge is 0.335 e. The number of carboxylic acid groups (broad SMARTS) is 1. The minimum absolute atomic E-state index is 0.0210. The molecule has 32 heavy (non-hydrogen) atoms. The molecule has 0 unspecified atom stereocenters. The van der Waals surface area contributed by atoms with E-state index in [4.69, 9.17) is 4.74 Å². The summed E-state index contributed by atoms with van der Waals surface area (Å²) in [6.45, 7) is 0.373. The summed E-state index contributed by atoms with van der Waals surface area (Å²) in [5, 5.41) is 12.0. The zero-order valence-corrected chi connectivity index (χ0v) is 18.1. The SMILES string of the molecule is COc1ccc(C(=O)O)cc1S(=O)(=O)Nc1ccccc1C(=O)NCCc1ccccc1. The monoisotopic (exact) mass is 454 g/mol. The van der Waals surface area contributed by atoms with Crippen LogP contribution in [0.3, 0.4) is 0 Å². The van der Waals surface area contributed by atoms with Crippen LogP contribution < -0.4 is 14.8 Å². The number of hydrogen-bond acceptors (Lipinski definition) is 5. The molecule has 3 aromatic carbocycles. The molecule has 3 N–H and O–H groups in total. The summed E-state index contributed by atoms with van der Waals surface area (Å²) in [4.78, 5) is 23.6. The van der Waals surface area contributed by atoms with E-state index in [2.05, 4.69) is 10.0 Å². The first-order valence-electron chi connectivity index (χ1n) is 9.67. The molecule has 3 aromatic rings. The number of rotatable bonds is 9. The highest BCUT2D eigenvalue weighted by atomic mass is 32.2. The standard InChI is InChI=1S/C23H22N2O6S/c1-31-20-12-11-17(23(27)28)15-21(20)32(29,30)25-19-10-6-5-9-18(19)22(26)24-14-13-16-7-3-2-4-8-16/h2-12,15,25H,13-14H2,1H3,(H,24,26)(H,27,28). The molecule has 0 fully saturated rings. The minimum atomic E-state index is -4.25. The molecule has 0 saturated heterocycles. The lowest BCUT2D eigenvalue weighted by molar-refractivity contribution is 0.0696. The summed E-state index contributed by atoms with van der Waals surface area (Å²) in [5.41, 5.74) is 1.05. The van der Waals surface area contributed by atoms with Crippen molar-refractivity contribution in [2.45, 2.75) is 11.3 Å². The maximum absolute atomic E-state index is 13.0. The van der Waals surface area contributed by atoms with E-state index in [0.717, 1.165) is 11.6 Å². The van der Waals surface area contributed by atoms with Gasteiger partial charge < -0.3 is 15.2 Å². The van der Waals surface area contributed by atoms with Crippen molar-refractivity contribution in [3.8, 4) is 5.75 Å². The molecule has 9 heteroatoms. The number of hydrogen-bond donors (Lipinski definition) is 3. The quantitative estimate of drug-likeness (QED) is 0.457. The van der Waals surface area contributed by atoms with Crippen molar-refractivity contribution in [2.75, 3.05) is 18.4 Å². The van der Waals surface area contributed by atoms with Crippen molar-refractivity contribution in [3.63, 3.8) is 0 Å². The molecule has 1 amide bonds. The van der Waals surface area contributed by atoms with Gasteiger partial charge in [-0.1, -0.05) is 42.5 Å². The number of carbonyl (C=O) groups is 2. The van der Waals surface area contributed by atoms with E-state index in [9.17, 15) is 23.1 Å². The zero-order valence-electron chi connectivity index (χ0n) is 17.2.